The van der Waals surface area contributed by atoms with Crippen molar-refractivity contribution >= 4 is 11.6 Å². The fourth-order valence-corrected chi connectivity index (χ4v) is 3.52. The molecule has 124 valence electrons. The summed E-state index contributed by atoms with van der Waals surface area (Å²) in [6.07, 6.45) is 4.48. The minimum Gasteiger partial charge on any atom is -0.368 e. The van der Waals surface area contributed by atoms with Crippen LogP contribution in [0.3, 0.4) is 0 Å². The molecule has 0 radical (unpaired) electrons. The number of halogens is 1. The Balaban J connectivity index is 1.33. The predicted molar refractivity (Wildman–Crippen MR) is 90.3 cm³/mol. The second-order valence-corrected chi connectivity index (χ2v) is 6.52. The second-order valence-electron chi connectivity index (χ2n) is 6.52. The van der Waals surface area contributed by atoms with Crippen molar-refractivity contribution in [2.45, 2.75) is 12.3 Å². The van der Waals surface area contributed by atoms with Crippen LogP contribution in [0, 0.1) is 11.7 Å². The van der Waals surface area contributed by atoms with E-state index in [4.69, 9.17) is 0 Å². The molecule has 0 unspecified atom stereocenters. The maximum Gasteiger partial charge on any atom is 0.226 e. The summed E-state index contributed by atoms with van der Waals surface area (Å²) in [5, 5.41) is 0. The topological polar surface area (TPSA) is 36.4 Å². The lowest BCUT2D eigenvalue weighted by molar-refractivity contribution is -0.132. The molecule has 1 aromatic carbocycles. The molecule has 0 N–H and O–H groups in total. The Labute approximate surface area is 140 Å². The molecule has 4 rings (SSSR count). The number of carbonyl (C=O) groups is 1. The van der Waals surface area contributed by atoms with E-state index in [1.54, 1.807) is 24.5 Å². The molecule has 0 spiro atoms. The Morgan fingerprint density at radius 1 is 1.00 bits per heavy atom. The zero-order chi connectivity index (χ0) is 16.5. The van der Waals surface area contributed by atoms with Crippen molar-refractivity contribution in [2.75, 3.05) is 31.1 Å². The third-order valence-electron chi connectivity index (χ3n) is 5.03. The number of hydrogen-bond acceptors (Lipinski definition) is 3. The molecule has 2 aliphatic rings. The first-order valence-corrected chi connectivity index (χ1v) is 8.41. The van der Waals surface area contributed by atoms with Crippen LogP contribution in [0.25, 0.3) is 0 Å². The first-order valence-electron chi connectivity index (χ1n) is 8.41. The van der Waals surface area contributed by atoms with Crippen LogP contribution in [-0.4, -0.2) is 42.0 Å². The fourth-order valence-electron chi connectivity index (χ4n) is 3.52. The summed E-state index contributed by atoms with van der Waals surface area (Å²) < 4.78 is 13.0. The first-order chi connectivity index (χ1) is 11.7. The van der Waals surface area contributed by atoms with E-state index in [9.17, 15) is 9.18 Å². The van der Waals surface area contributed by atoms with Gasteiger partial charge in [0.25, 0.3) is 0 Å². The number of rotatable bonds is 3. The zero-order valence-electron chi connectivity index (χ0n) is 13.4. The molecule has 0 bridgehead atoms. The van der Waals surface area contributed by atoms with Crippen molar-refractivity contribution in [1.82, 2.24) is 9.88 Å². The molecule has 4 nitrogen and oxygen atoms in total. The molecule has 1 aliphatic heterocycles. The summed E-state index contributed by atoms with van der Waals surface area (Å²) in [7, 11) is 0. The summed E-state index contributed by atoms with van der Waals surface area (Å²) in [4.78, 5) is 21.0. The number of pyridine rings is 1. The Morgan fingerprint density at radius 2 is 1.67 bits per heavy atom. The molecule has 1 amide bonds. The highest BCUT2D eigenvalue weighted by atomic mass is 19.1. The third kappa shape index (κ3) is 2.98. The lowest BCUT2D eigenvalue weighted by Crippen LogP contribution is -2.49. The van der Waals surface area contributed by atoms with Crippen molar-refractivity contribution in [1.29, 1.82) is 0 Å². The highest BCUT2D eigenvalue weighted by molar-refractivity contribution is 5.83. The van der Waals surface area contributed by atoms with Crippen LogP contribution in [0.4, 0.5) is 10.1 Å². The van der Waals surface area contributed by atoms with Crippen LogP contribution in [-0.2, 0) is 4.79 Å². The van der Waals surface area contributed by atoms with Crippen molar-refractivity contribution in [2.24, 2.45) is 5.92 Å². The van der Waals surface area contributed by atoms with Crippen LogP contribution in [0.1, 0.15) is 17.9 Å². The molecule has 2 aromatic rings. The van der Waals surface area contributed by atoms with Gasteiger partial charge in [-0.15, -0.1) is 0 Å². The van der Waals surface area contributed by atoms with Gasteiger partial charge in [-0.2, -0.15) is 0 Å². The summed E-state index contributed by atoms with van der Waals surface area (Å²) in [6, 6.07) is 10.6. The van der Waals surface area contributed by atoms with E-state index in [2.05, 4.69) is 9.88 Å². The molecular formula is C19H20FN3O. The second kappa shape index (κ2) is 6.23. The molecule has 24 heavy (non-hydrogen) atoms. The normalized spacial score (nSPS) is 23.2. The number of aromatic nitrogens is 1. The van der Waals surface area contributed by atoms with Gasteiger partial charge in [0.1, 0.15) is 5.82 Å². The lowest BCUT2D eigenvalue weighted by atomic mass is 10.1. The van der Waals surface area contributed by atoms with Gasteiger partial charge in [0, 0.05) is 50.2 Å². The number of benzene rings is 1. The average molecular weight is 325 g/mol. The van der Waals surface area contributed by atoms with Crippen LogP contribution in [0.2, 0.25) is 0 Å². The number of piperazine rings is 1. The van der Waals surface area contributed by atoms with E-state index in [1.165, 1.54) is 12.1 Å². The van der Waals surface area contributed by atoms with Crippen molar-refractivity contribution < 1.29 is 9.18 Å². The Kier molecular flexibility index (Phi) is 3.92. The lowest BCUT2D eigenvalue weighted by Gasteiger charge is -2.36. The molecular weight excluding hydrogens is 305 g/mol. The maximum atomic E-state index is 13.0. The third-order valence-corrected chi connectivity index (χ3v) is 5.03. The van der Waals surface area contributed by atoms with Gasteiger partial charge in [0.05, 0.1) is 0 Å². The first kappa shape index (κ1) is 15.1. The molecule has 1 saturated heterocycles. The van der Waals surface area contributed by atoms with Crippen molar-refractivity contribution in [3.63, 3.8) is 0 Å². The molecule has 1 saturated carbocycles. The largest absolute Gasteiger partial charge is 0.368 e. The molecule has 2 atom stereocenters. The van der Waals surface area contributed by atoms with E-state index in [1.807, 2.05) is 17.0 Å². The average Bonchev–Trinajstić information content (AvgIpc) is 3.43. The van der Waals surface area contributed by atoms with E-state index in [0.717, 1.165) is 43.9 Å². The van der Waals surface area contributed by atoms with Crippen LogP contribution < -0.4 is 4.90 Å². The summed E-state index contributed by atoms with van der Waals surface area (Å²) in [6.45, 7) is 3.22. The smallest absolute Gasteiger partial charge is 0.226 e. The van der Waals surface area contributed by atoms with Crippen molar-refractivity contribution in [3.05, 3.63) is 60.2 Å². The number of hydrogen-bond donors (Lipinski definition) is 0. The highest BCUT2D eigenvalue weighted by Gasteiger charge is 2.46. The molecule has 1 aliphatic carbocycles. The van der Waals surface area contributed by atoms with Gasteiger partial charge in [-0.05, 0) is 42.2 Å². The minimum atomic E-state index is -0.227. The van der Waals surface area contributed by atoms with Crippen LogP contribution in [0.15, 0.2) is 48.8 Å². The van der Waals surface area contributed by atoms with E-state index >= 15 is 0 Å². The van der Waals surface area contributed by atoms with Gasteiger partial charge in [0.15, 0.2) is 0 Å². The van der Waals surface area contributed by atoms with Gasteiger partial charge in [-0.25, -0.2) is 4.39 Å². The number of nitrogens with zero attached hydrogens (tertiary/aromatic N) is 3. The van der Waals surface area contributed by atoms with E-state index < -0.39 is 0 Å². The monoisotopic (exact) mass is 325 g/mol. The SMILES string of the molecule is O=C([C@H]1C[C@H]1c1ccc(F)cc1)N1CCN(c2ccncc2)CC1. The number of amides is 1. The number of anilines is 1. The van der Waals surface area contributed by atoms with Crippen LogP contribution >= 0.6 is 0 Å². The predicted octanol–water partition coefficient (Wildman–Crippen LogP) is 2.67. The Morgan fingerprint density at radius 3 is 2.33 bits per heavy atom. The maximum absolute atomic E-state index is 13.0. The van der Waals surface area contributed by atoms with Crippen molar-refractivity contribution in [3.8, 4) is 0 Å². The van der Waals surface area contributed by atoms with Gasteiger partial charge >= 0.3 is 0 Å². The van der Waals surface area contributed by atoms with Gasteiger partial charge in [-0.3, -0.25) is 9.78 Å². The molecule has 1 aromatic heterocycles. The summed E-state index contributed by atoms with van der Waals surface area (Å²) in [5.41, 5.74) is 2.23. The Bertz CT molecular complexity index is 711. The molecule has 5 heteroatoms. The summed E-state index contributed by atoms with van der Waals surface area (Å²) in [5.74, 6) is 0.354. The van der Waals surface area contributed by atoms with E-state index in [-0.39, 0.29) is 23.6 Å². The summed E-state index contributed by atoms with van der Waals surface area (Å²) >= 11 is 0. The quantitative estimate of drug-likeness (QED) is 0.870. The standard InChI is InChI=1S/C19H20FN3O/c20-15-3-1-14(2-4-15)17-13-18(17)19(24)23-11-9-22(10-12-23)16-5-7-21-8-6-16/h1-8,17-18H,9-13H2/t17-,18-/m0/s1. The van der Waals surface area contributed by atoms with Gasteiger partial charge < -0.3 is 9.80 Å². The highest BCUT2D eigenvalue weighted by Crippen LogP contribution is 2.48. The zero-order valence-corrected chi connectivity index (χ0v) is 13.4. The number of carbonyl (C=O) groups excluding carboxylic acids is 1. The Hall–Kier alpha value is -2.43. The molecule has 2 heterocycles. The van der Waals surface area contributed by atoms with Gasteiger partial charge in [0.2, 0.25) is 5.91 Å². The minimum absolute atomic E-state index is 0.0722. The van der Waals surface area contributed by atoms with E-state index in [0.29, 0.717) is 0 Å². The molecule has 2 fully saturated rings. The van der Waals surface area contributed by atoms with Gasteiger partial charge in [-0.1, -0.05) is 12.1 Å². The fraction of sp³-hybridized carbons (Fsp3) is 0.368. The van der Waals surface area contributed by atoms with Crippen LogP contribution in [0.5, 0.6) is 0 Å².